The zero-order valence-corrected chi connectivity index (χ0v) is 13.8. The Balaban J connectivity index is 1.94. The fourth-order valence-corrected chi connectivity index (χ4v) is 2.34. The average molecular weight is 347 g/mol. The molecule has 0 aliphatic heterocycles. The van der Waals surface area contributed by atoms with Gasteiger partial charge >= 0.3 is 0 Å². The molecule has 0 saturated heterocycles. The van der Waals surface area contributed by atoms with E-state index in [-0.39, 0.29) is 11.9 Å². The van der Waals surface area contributed by atoms with Gasteiger partial charge in [0.15, 0.2) is 5.82 Å². The van der Waals surface area contributed by atoms with Gasteiger partial charge in [-0.1, -0.05) is 17.7 Å². The summed E-state index contributed by atoms with van der Waals surface area (Å²) in [5.74, 6) is 2.09. The van der Waals surface area contributed by atoms with Crippen molar-refractivity contribution < 1.29 is 9.47 Å². The number of methoxy groups -OCH3 is 2. The summed E-state index contributed by atoms with van der Waals surface area (Å²) in [5, 5.41) is 7.76. The number of rotatable bonds is 5. The van der Waals surface area contributed by atoms with Crippen molar-refractivity contribution in [3.05, 3.63) is 41.6 Å². The molecular formula is C15H15ClN6O2. The maximum atomic E-state index is 6.16. The van der Waals surface area contributed by atoms with Crippen LogP contribution in [0.1, 0.15) is 0 Å². The number of benzene rings is 1. The summed E-state index contributed by atoms with van der Waals surface area (Å²) >= 11 is 6.16. The fraction of sp³-hybridized carbons (Fsp3) is 0.133. The highest BCUT2D eigenvalue weighted by molar-refractivity contribution is 6.32. The summed E-state index contributed by atoms with van der Waals surface area (Å²) < 4.78 is 11.9. The number of ether oxygens (including phenoxy) is 2. The lowest BCUT2D eigenvalue weighted by Gasteiger charge is -2.11. The molecule has 0 aliphatic rings. The van der Waals surface area contributed by atoms with Gasteiger partial charge in [0.05, 0.1) is 24.9 Å². The highest BCUT2D eigenvalue weighted by Crippen LogP contribution is 2.37. The maximum Gasteiger partial charge on any atom is 0.249 e. The van der Waals surface area contributed by atoms with Gasteiger partial charge in [0.2, 0.25) is 11.9 Å². The van der Waals surface area contributed by atoms with Crippen LogP contribution < -0.4 is 20.5 Å². The largest absolute Gasteiger partial charge is 0.495 e. The van der Waals surface area contributed by atoms with E-state index in [9.17, 15) is 0 Å². The third-order valence-corrected chi connectivity index (χ3v) is 3.51. The van der Waals surface area contributed by atoms with Crippen molar-refractivity contribution in [3.8, 4) is 17.3 Å². The number of anilines is 3. The van der Waals surface area contributed by atoms with Crippen LogP contribution in [0.25, 0.3) is 5.82 Å². The van der Waals surface area contributed by atoms with Gasteiger partial charge < -0.3 is 20.5 Å². The monoisotopic (exact) mass is 346 g/mol. The van der Waals surface area contributed by atoms with Gasteiger partial charge in [-0.15, -0.1) is 5.10 Å². The molecule has 1 aromatic carbocycles. The van der Waals surface area contributed by atoms with Crippen molar-refractivity contribution in [1.82, 2.24) is 19.7 Å². The predicted molar refractivity (Wildman–Crippen MR) is 91.4 cm³/mol. The van der Waals surface area contributed by atoms with E-state index in [0.717, 1.165) is 0 Å². The molecule has 3 N–H and O–H groups in total. The Morgan fingerprint density at radius 2 is 1.96 bits per heavy atom. The van der Waals surface area contributed by atoms with Crippen molar-refractivity contribution in [2.75, 3.05) is 25.3 Å². The van der Waals surface area contributed by atoms with Crippen molar-refractivity contribution >= 4 is 29.2 Å². The molecule has 0 aliphatic carbocycles. The van der Waals surface area contributed by atoms with Gasteiger partial charge in [0.1, 0.15) is 11.5 Å². The quantitative estimate of drug-likeness (QED) is 0.732. The number of nitrogen functional groups attached to an aromatic ring is 1. The minimum absolute atomic E-state index is 0.203. The molecule has 2 aromatic heterocycles. The first-order valence-corrected chi connectivity index (χ1v) is 7.32. The second kappa shape index (κ2) is 6.63. The van der Waals surface area contributed by atoms with E-state index < -0.39 is 0 Å². The van der Waals surface area contributed by atoms with E-state index in [0.29, 0.717) is 28.0 Å². The van der Waals surface area contributed by atoms with E-state index in [1.54, 1.807) is 37.6 Å². The zero-order valence-electron chi connectivity index (χ0n) is 13.0. The lowest BCUT2D eigenvalue weighted by molar-refractivity contribution is 0.396. The molecule has 0 unspecified atom stereocenters. The van der Waals surface area contributed by atoms with E-state index in [4.69, 9.17) is 26.8 Å². The van der Waals surface area contributed by atoms with Gasteiger partial charge in [-0.2, -0.15) is 9.67 Å². The lowest BCUT2D eigenvalue weighted by Crippen LogP contribution is -2.04. The number of aromatic nitrogens is 4. The van der Waals surface area contributed by atoms with Crippen LogP contribution in [0.5, 0.6) is 11.5 Å². The molecule has 3 rings (SSSR count). The topological polar surface area (TPSA) is 100 Å². The van der Waals surface area contributed by atoms with Crippen LogP contribution >= 0.6 is 11.6 Å². The molecule has 0 atom stereocenters. The molecule has 0 bridgehead atoms. The molecular weight excluding hydrogens is 332 g/mol. The second-order valence-electron chi connectivity index (χ2n) is 4.71. The van der Waals surface area contributed by atoms with Crippen LogP contribution in [-0.2, 0) is 0 Å². The summed E-state index contributed by atoms with van der Waals surface area (Å²) in [4.78, 5) is 8.37. The molecule has 0 spiro atoms. The van der Waals surface area contributed by atoms with Crippen molar-refractivity contribution in [1.29, 1.82) is 0 Å². The number of hydrogen-bond donors (Lipinski definition) is 2. The van der Waals surface area contributed by atoms with E-state index in [2.05, 4.69) is 20.4 Å². The Kier molecular flexibility index (Phi) is 4.39. The van der Waals surface area contributed by atoms with Gasteiger partial charge in [-0.3, -0.25) is 0 Å². The Morgan fingerprint density at radius 1 is 1.17 bits per heavy atom. The summed E-state index contributed by atoms with van der Waals surface area (Å²) in [7, 11) is 3.08. The van der Waals surface area contributed by atoms with Gasteiger partial charge in [0.25, 0.3) is 0 Å². The number of nitrogens with two attached hydrogens (primary N) is 1. The highest BCUT2D eigenvalue weighted by Gasteiger charge is 2.14. The van der Waals surface area contributed by atoms with Gasteiger partial charge in [-0.25, -0.2) is 4.98 Å². The Hall–Kier alpha value is -3.00. The SMILES string of the molecule is COc1cc(OC)c(Nc2nc(N)n(-c3ccccn3)n2)cc1Cl. The second-order valence-corrected chi connectivity index (χ2v) is 5.11. The molecule has 8 nitrogen and oxygen atoms in total. The first kappa shape index (κ1) is 15.9. The molecule has 2 heterocycles. The molecule has 0 saturated carbocycles. The number of halogens is 1. The lowest BCUT2D eigenvalue weighted by atomic mass is 10.2. The molecule has 0 fully saturated rings. The number of pyridine rings is 1. The number of nitrogens with one attached hydrogen (secondary N) is 1. The minimum atomic E-state index is 0.203. The Bertz CT molecular complexity index is 853. The average Bonchev–Trinajstić information content (AvgIpc) is 2.96. The first-order valence-electron chi connectivity index (χ1n) is 6.95. The predicted octanol–water partition coefficient (Wildman–Crippen LogP) is 2.66. The highest BCUT2D eigenvalue weighted by atomic mass is 35.5. The molecule has 24 heavy (non-hydrogen) atoms. The third-order valence-electron chi connectivity index (χ3n) is 3.22. The van der Waals surface area contributed by atoms with Crippen LogP contribution in [0.15, 0.2) is 36.5 Å². The molecule has 9 heteroatoms. The Morgan fingerprint density at radius 3 is 2.62 bits per heavy atom. The molecule has 0 radical (unpaired) electrons. The summed E-state index contributed by atoms with van der Waals surface area (Å²) in [6.45, 7) is 0. The molecule has 124 valence electrons. The normalized spacial score (nSPS) is 10.5. The van der Waals surface area contributed by atoms with Gasteiger partial charge in [0, 0.05) is 12.3 Å². The van der Waals surface area contributed by atoms with Crippen LogP contribution in [-0.4, -0.2) is 34.0 Å². The third kappa shape index (κ3) is 3.04. The summed E-state index contributed by atoms with van der Waals surface area (Å²) in [6.07, 6.45) is 1.65. The smallest absolute Gasteiger partial charge is 0.249 e. The number of nitrogens with zero attached hydrogens (tertiary/aromatic N) is 4. The standard InChI is InChI=1S/C15H15ClN6O2/c1-23-11-8-12(24-2)10(7-9(11)16)19-15-20-14(17)22(21-15)13-5-3-4-6-18-13/h3-8H,1-2H3,(H3,17,19,20,21). The summed E-state index contributed by atoms with van der Waals surface area (Å²) in [5.41, 5.74) is 6.49. The van der Waals surface area contributed by atoms with Crippen LogP contribution in [0, 0.1) is 0 Å². The number of hydrogen-bond acceptors (Lipinski definition) is 7. The first-order chi connectivity index (χ1) is 11.6. The van der Waals surface area contributed by atoms with Crippen molar-refractivity contribution in [2.24, 2.45) is 0 Å². The molecule has 0 amide bonds. The van der Waals surface area contributed by atoms with Crippen molar-refractivity contribution in [3.63, 3.8) is 0 Å². The van der Waals surface area contributed by atoms with E-state index >= 15 is 0 Å². The fourth-order valence-electron chi connectivity index (χ4n) is 2.10. The summed E-state index contributed by atoms with van der Waals surface area (Å²) in [6, 6.07) is 8.75. The van der Waals surface area contributed by atoms with Crippen LogP contribution in [0.4, 0.5) is 17.6 Å². The Labute approximate surface area is 143 Å². The maximum absolute atomic E-state index is 6.16. The van der Waals surface area contributed by atoms with E-state index in [1.807, 2.05) is 6.07 Å². The van der Waals surface area contributed by atoms with Crippen molar-refractivity contribution in [2.45, 2.75) is 0 Å². The van der Waals surface area contributed by atoms with E-state index in [1.165, 1.54) is 11.8 Å². The van der Waals surface area contributed by atoms with Gasteiger partial charge in [-0.05, 0) is 18.2 Å². The zero-order chi connectivity index (χ0) is 17.1. The molecule has 3 aromatic rings. The van der Waals surface area contributed by atoms with Crippen LogP contribution in [0.2, 0.25) is 5.02 Å². The van der Waals surface area contributed by atoms with Crippen LogP contribution in [0.3, 0.4) is 0 Å². The minimum Gasteiger partial charge on any atom is -0.495 e.